The molecule has 0 bridgehead atoms. The van der Waals surface area contributed by atoms with Gasteiger partial charge < -0.3 is 10.3 Å². The van der Waals surface area contributed by atoms with Crippen LogP contribution in [0.25, 0.3) is 21.9 Å². The quantitative estimate of drug-likeness (QED) is 0.724. The van der Waals surface area contributed by atoms with Crippen LogP contribution in [-0.4, -0.2) is 27.0 Å². The number of aromatic nitrogens is 3. The van der Waals surface area contributed by atoms with Crippen LogP contribution in [0, 0.1) is 12.8 Å². The Balaban J connectivity index is 1.77. The van der Waals surface area contributed by atoms with Crippen molar-refractivity contribution in [1.29, 1.82) is 0 Å². The Bertz CT molecular complexity index is 969. The molecular formula is C19H24N4O2. The molecule has 0 aliphatic carbocycles. The highest BCUT2D eigenvalue weighted by Crippen LogP contribution is 2.22. The van der Waals surface area contributed by atoms with Crippen molar-refractivity contribution >= 4 is 27.8 Å². The maximum Gasteiger partial charge on any atom is 0.277 e. The molecule has 0 saturated carbocycles. The summed E-state index contributed by atoms with van der Waals surface area (Å²) >= 11 is 0. The topological polar surface area (TPSA) is 79.8 Å². The molecule has 6 nitrogen and oxygen atoms in total. The molecule has 3 aromatic rings. The normalized spacial score (nSPS) is 11.5. The molecule has 0 aliphatic rings. The number of carbonyl (C=O) groups is 1. The van der Waals surface area contributed by atoms with E-state index in [1.54, 1.807) is 0 Å². The van der Waals surface area contributed by atoms with Crippen molar-refractivity contribution < 1.29 is 4.79 Å². The monoisotopic (exact) mass is 340 g/mol. The Morgan fingerprint density at radius 2 is 2.16 bits per heavy atom. The molecule has 0 aliphatic heterocycles. The molecule has 25 heavy (non-hydrogen) atoms. The van der Waals surface area contributed by atoms with Crippen LogP contribution in [0.5, 0.6) is 0 Å². The average Bonchev–Trinajstić information content (AvgIpc) is 2.93. The van der Waals surface area contributed by atoms with Gasteiger partial charge in [0.15, 0.2) is 0 Å². The zero-order valence-corrected chi connectivity index (χ0v) is 14.9. The number of H-pyrrole nitrogens is 1. The molecule has 2 N–H and O–H groups in total. The fourth-order valence-electron chi connectivity index (χ4n) is 2.87. The number of amides is 1. The van der Waals surface area contributed by atoms with E-state index in [1.807, 2.05) is 25.1 Å². The van der Waals surface area contributed by atoms with Gasteiger partial charge in [0.1, 0.15) is 11.0 Å². The first-order valence-corrected chi connectivity index (χ1v) is 8.70. The minimum Gasteiger partial charge on any atom is -0.356 e. The average molecular weight is 340 g/mol. The molecule has 132 valence electrons. The molecule has 2 aromatic heterocycles. The van der Waals surface area contributed by atoms with Crippen LogP contribution < -0.4 is 10.9 Å². The van der Waals surface area contributed by atoms with Crippen LogP contribution in [0.2, 0.25) is 0 Å². The largest absolute Gasteiger partial charge is 0.356 e. The van der Waals surface area contributed by atoms with Crippen LogP contribution in [0.1, 0.15) is 32.3 Å². The van der Waals surface area contributed by atoms with Crippen molar-refractivity contribution in [2.75, 3.05) is 6.54 Å². The predicted octanol–water partition coefficient (Wildman–Crippen LogP) is 2.74. The molecule has 2 heterocycles. The standard InChI is InChI=1S/C19H24N4O2/c1-12(2)6-8-20-16(24)7-9-23-11-21-17-14-10-13(3)4-5-15(14)22-18(17)19(23)25/h4-5,10-12,22H,6-9H2,1-3H3,(H,20,24). The van der Waals surface area contributed by atoms with Crippen molar-refractivity contribution in [3.63, 3.8) is 0 Å². The van der Waals surface area contributed by atoms with E-state index in [0.29, 0.717) is 30.0 Å². The molecule has 0 atom stereocenters. The van der Waals surface area contributed by atoms with Gasteiger partial charge in [-0.3, -0.25) is 14.2 Å². The minimum absolute atomic E-state index is 0.0417. The van der Waals surface area contributed by atoms with Crippen molar-refractivity contribution in [3.8, 4) is 0 Å². The van der Waals surface area contributed by atoms with E-state index in [2.05, 4.69) is 29.1 Å². The molecule has 0 spiro atoms. The Hall–Kier alpha value is -2.63. The molecule has 1 amide bonds. The van der Waals surface area contributed by atoms with E-state index >= 15 is 0 Å². The first-order chi connectivity index (χ1) is 12.0. The summed E-state index contributed by atoms with van der Waals surface area (Å²) in [7, 11) is 0. The third-order valence-corrected chi connectivity index (χ3v) is 4.35. The molecule has 1 aromatic carbocycles. The van der Waals surface area contributed by atoms with E-state index in [4.69, 9.17) is 0 Å². The number of rotatable bonds is 6. The van der Waals surface area contributed by atoms with Gasteiger partial charge in [0.05, 0.1) is 6.33 Å². The minimum atomic E-state index is -0.145. The van der Waals surface area contributed by atoms with Crippen LogP contribution in [-0.2, 0) is 11.3 Å². The van der Waals surface area contributed by atoms with Crippen LogP contribution in [0.3, 0.4) is 0 Å². The predicted molar refractivity (Wildman–Crippen MR) is 99.7 cm³/mol. The van der Waals surface area contributed by atoms with Gasteiger partial charge in [-0.15, -0.1) is 0 Å². The molecule has 0 saturated heterocycles. The van der Waals surface area contributed by atoms with Gasteiger partial charge in [-0.05, 0) is 31.4 Å². The summed E-state index contributed by atoms with van der Waals surface area (Å²) in [5.41, 5.74) is 3.05. The van der Waals surface area contributed by atoms with Crippen LogP contribution in [0.15, 0.2) is 29.3 Å². The van der Waals surface area contributed by atoms with Crippen molar-refractivity contribution in [2.24, 2.45) is 5.92 Å². The van der Waals surface area contributed by atoms with Gasteiger partial charge in [0.2, 0.25) is 5.91 Å². The number of aromatic amines is 1. The maximum atomic E-state index is 12.7. The Kier molecular flexibility index (Phi) is 4.88. The summed E-state index contributed by atoms with van der Waals surface area (Å²) in [6, 6.07) is 5.98. The number of hydrogen-bond acceptors (Lipinski definition) is 3. The Morgan fingerprint density at radius 3 is 2.92 bits per heavy atom. The number of nitrogens with zero attached hydrogens (tertiary/aromatic N) is 2. The third-order valence-electron chi connectivity index (χ3n) is 4.35. The van der Waals surface area contributed by atoms with E-state index < -0.39 is 0 Å². The number of nitrogens with one attached hydrogen (secondary N) is 2. The van der Waals surface area contributed by atoms with Crippen LogP contribution in [0.4, 0.5) is 0 Å². The lowest BCUT2D eigenvalue weighted by molar-refractivity contribution is -0.121. The van der Waals surface area contributed by atoms with Gasteiger partial charge in [0, 0.05) is 30.4 Å². The lowest BCUT2D eigenvalue weighted by atomic mass is 10.1. The van der Waals surface area contributed by atoms with Crippen molar-refractivity contribution in [1.82, 2.24) is 19.9 Å². The number of carbonyl (C=O) groups excluding carboxylic acids is 1. The summed E-state index contributed by atoms with van der Waals surface area (Å²) in [6.07, 6.45) is 2.75. The number of fused-ring (bicyclic) bond motifs is 3. The lowest BCUT2D eigenvalue weighted by Crippen LogP contribution is -2.28. The molecule has 0 fully saturated rings. The number of aryl methyl sites for hydroxylation is 2. The van der Waals surface area contributed by atoms with Gasteiger partial charge in [-0.25, -0.2) is 4.98 Å². The maximum absolute atomic E-state index is 12.7. The Morgan fingerprint density at radius 1 is 1.36 bits per heavy atom. The molecule has 6 heteroatoms. The van der Waals surface area contributed by atoms with Gasteiger partial charge in [-0.1, -0.05) is 25.5 Å². The highest BCUT2D eigenvalue weighted by molar-refractivity contribution is 6.04. The summed E-state index contributed by atoms with van der Waals surface area (Å²) in [5.74, 6) is 0.514. The zero-order valence-electron chi connectivity index (χ0n) is 14.9. The molecule has 0 unspecified atom stereocenters. The lowest BCUT2D eigenvalue weighted by Gasteiger charge is -2.08. The second-order valence-corrected chi connectivity index (χ2v) is 6.92. The van der Waals surface area contributed by atoms with Gasteiger partial charge in [0.25, 0.3) is 5.56 Å². The van der Waals surface area contributed by atoms with E-state index in [9.17, 15) is 9.59 Å². The van der Waals surface area contributed by atoms with Crippen molar-refractivity contribution in [3.05, 3.63) is 40.4 Å². The summed E-state index contributed by atoms with van der Waals surface area (Å²) < 4.78 is 1.49. The van der Waals surface area contributed by atoms with E-state index in [1.165, 1.54) is 10.9 Å². The highest BCUT2D eigenvalue weighted by Gasteiger charge is 2.11. The summed E-state index contributed by atoms with van der Waals surface area (Å²) in [5, 5.41) is 3.84. The summed E-state index contributed by atoms with van der Waals surface area (Å²) in [4.78, 5) is 32.1. The third kappa shape index (κ3) is 3.73. The number of hydrogen-bond donors (Lipinski definition) is 2. The fraction of sp³-hybridized carbons (Fsp3) is 0.421. The molecular weight excluding hydrogens is 316 g/mol. The molecule has 3 rings (SSSR count). The van der Waals surface area contributed by atoms with E-state index in [0.717, 1.165) is 22.9 Å². The van der Waals surface area contributed by atoms with E-state index in [-0.39, 0.29) is 17.9 Å². The number of benzene rings is 1. The van der Waals surface area contributed by atoms with Gasteiger partial charge in [-0.2, -0.15) is 0 Å². The first-order valence-electron chi connectivity index (χ1n) is 8.70. The first kappa shape index (κ1) is 17.2. The SMILES string of the molecule is Cc1ccc2[nH]c3c(=O)n(CCC(=O)NCCC(C)C)cnc3c2c1. The highest BCUT2D eigenvalue weighted by atomic mass is 16.1. The smallest absolute Gasteiger partial charge is 0.277 e. The second-order valence-electron chi connectivity index (χ2n) is 6.92. The molecule has 0 radical (unpaired) electrons. The van der Waals surface area contributed by atoms with Crippen LogP contribution >= 0.6 is 0 Å². The second kappa shape index (κ2) is 7.09. The summed E-state index contributed by atoms with van der Waals surface area (Å²) in [6.45, 7) is 7.24. The van der Waals surface area contributed by atoms with Crippen molar-refractivity contribution in [2.45, 2.75) is 40.2 Å². The zero-order chi connectivity index (χ0) is 18.0. The fourth-order valence-corrected chi connectivity index (χ4v) is 2.87. The Labute approximate surface area is 146 Å². The van der Waals surface area contributed by atoms with Gasteiger partial charge >= 0.3 is 0 Å².